The van der Waals surface area contributed by atoms with Gasteiger partial charge in [-0.15, -0.1) is 0 Å². The molecule has 1 amide bonds. The molecule has 0 aliphatic rings. The zero-order chi connectivity index (χ0) is 29.1. The predicted octanol–water partition coefficient (Wildman–Crippen LogP) is 2.30. The maximum absolute atomic E-state index is 13.1. The van der Waals surface area contributed by atoms with Gasteiger partial charge in [0.2, 0.25) is 6.04 Å². The van der Waals surface area contributed by atoms with E-state index in [1.807, 2.05) is 0 Å². The highest BCUT2D eigenvalue weighted by Crippen LogP contribution is 2.17. The fourth-order valence-electron chi connectivity index (χ4n) is 3.47. The number of benzene rings is 2. The second kappa shape index (κ2) is 14.1. The van der Waals surface area contributed by atoms with Crippen LogP contribution in [0.5, 0.6) is 5.75 Å². The van der Waals surface area contributed by atoms with E-state index in [4.69, 9.17) is 20.6 Å². The summed E-state index contributed by atoms with van der Waals surface area (Å²) in [5, 5.41) is 26.2. The van der Waals surface area contributed by atoms with Crippen LogP contribution >= 0.6 is 0 Å². The zero-order valence-electron chi connectivity index (χ0n) is 21.4. The molecule has 12 nitrogen and oxygen atoms in total. The third-order valence-corrected chi connectivity index (χ3v) is 5.37. The lowest BCUT2D eigenvalue weighted by Gasteiger charge is -2.26. The van der Waals surface area contributed by atoms with Crippen LogP contribution in [0.25, 0.3) is 6.08 Å². The molecule has 0 atom stereocenters. The Morgan fingerprint density at radius 2 is 1.54 bits per heavy atom. The summed E-state index contributed by atoms with van der Waals surface area (Å²) in [6.45, 7) is 2.87. The van der Waals surface area contributed by atoms with Crippen LogP contribution in [0.2, 0.25) is 0 Å². The van der Waals surface area contributed by atoms with Crippen LogP contribution in [-0.4, -0.2) is 69.9 Å². The van der Waals surface area contributed by atoms with Crippen LogP contribution in [0.15, 0.2) is 54.1 Å². The third-order valence-electron chi connectivity index (χ3n) is 5.37. The number of aliphatic carboxylic acids is 2. The number of ether oxygens (including phenoxy) is 2. The first kappa shape index (κ1) is 30.2. The number of nitrogens with zero attached hydrogens (tertiary/aromatic N) is 1. The normalized spacial score (nSPS) is 11.0. The average molecular weight is 540 g/mol. The number of hydrogen-bond acceptors (Lipinski definition) is 8. The second-order valence-corrected chi connectivity index (χ2v) is 8.26. The molecule has 0 spiro atoms. The summed E-state index contributed by atoms with van der Waals surface area (Å²) < 4.78 is 10.1. The van der Waals surface area contributed by atoms with E-state index in [9.17, 15) is 34.2 Å². The van der Waals surface area contributed by atoms with Gasteiger partial charge in [0, 0.05) is 24.1 Å². The van der Waals surface area contributed by atoms with Crippen molar-refractivity contribution in [3.8, 4) is 5.75 Å². The van der Waals surface area contributed by atoms with Gasteiger partial charge in [-0.2, -0.15) is 0 Å². The van der Waals surface area contributed by atoms with Crippen molar-refractivity contribution in [2.75, 3.05) is 13.2 Å². The Labute approximate surface area is 224 Å². The van der Waals surface area contributed by atoms with Crippen molar-refractivity contribution < 1.29 is 43.7 Å². The first-order chi connectivity index (χ1) is 18.4. The van der Waals surface area contributed by atoms with Gasteiger partial charge in [0.25, 0.3) is 5.91 Å². The second-order valence-electron chi connectivity index (χ2n) is 8.26. The highest BCUT2D eigenvalue weighted by molar-refractivity contribution is 6.05. The molecule has 0 radical (unpaired) electrons. The fourth-order valence-corrected chi connectivity index (χ4v) is 3.47. The van der Waals surface area contributed by atoms with Gasteiger partial charge in [0.15, 0.2) is 0 Å². The van der Waals surface area contributed by atoms with E-state index in [0.717, 1.165) is 0 Å². The van der Waals surface area contributed by atoms with E-state index in [0.29, 0.717) is 16.0 Å². The Balaban J connectivity index is 2.16. The summed E-state index contributed by atoms with van der Waals surface area (Å²) in [6.07, 6.45) is 1.30. The number of amides is 1. The highest BCUT2D eigenvalue weighted by atomic mass is 16.5. The number of esters is 2. The minimum atomic E-state index is -2.15. The first-order valence-electron chi connectivity index (χ1n) is 11.8. The number of nitrogens with two attached hydrogens (primary N) is 1. The molecule has 2 aromatic rings. The molecule has 206 valence electrons. The molecule has 5 N–H and O–H groups in total. The van der Waals surface area contributed by atoms with E-state index in [1.54, 1.807) is 6.92 Å². The van der Waals surface area contributed by atoms with Crippen LogP contribution in [0, 0.1) is 5.41 Å². The molecule has 12 heteroatoms. The van der Waals surface area contributed by atoms with Crippen molar-refractivity contribution in [3.05, 3.63) is 70.8 Å². The fraction of sp³-hybridized carbons (Fsp3) is 0.259. The van der Waals surface area contributed by atoms with Gasteiger partial charge < -0.3 is 30.3 Å². The SMILES string of the molecule is CCOC(=O)CCCN(C(=O)C(C)=Cc1ccc(C(=O)Oc2ccc(C(=N)N)cc2)cc1)C(C(=O)O)C(=O)O. The van der Waals surface area contributed by atoms with Gasteiger partial charge >= 0.3 is 23.9 Å². The zero-order valence-corrected chi connectivity index (χ0v) is 21.4. The van der Waals surface area contributed by atoms with Gasteiger partial charge in [-0.25, -0.2) is 14.4 Å². The van der Waals surface area contributed by atoms with Crippen LogP contribution in [0.3, 0.4) is 0 Å². The molecule has 0 saturated carbocycles. The molecular weight excluding hydrogens is 510 g/mol. The summed E-state index contributed by atoms with van der Waals surface area (Å²) in [4.78, 5) is 61.0. The Morgan fingerprint density at radius 1 is 0.974 bits per heavy atom. The largest absolute Gasteiger partial charge is 0.479 e. The molecular formula is C27H29N3O9. The molecule has 2 aromatic carbocycles. The number of nitrogens with one attached hydrogen (secondary N) is 1. The topological polar surface area (TPSA) is 197 Å². The average Bonchev–Trinajstić information content (AvgIpc) is 2.88. The summed E-state index contributed by atoms with van der Waals surface area (Å²) in [5.41, 5.74) is 6.62. The van der Waals surface area contributed by atoms with E-state index >= 15 is 0 Å². The maximum Gasteiger partial charge on any atom is 0.343 e. The molecule has 2 rings (SSSR count). The van der Waals surface area contributed by atoms with Crippen molar-refractivity contribution >= 4 is 41.7 Å². The number of carboxylic acids is 2. The molecule has 0 fully saturated rings. The van der Waals surface area contributed by atoms with Crippen molar-refractivity contribution in [1.82, 2.24) is 4.90 Å². The molecule has 0 aromatic heterocycles. The lowest BCUT2D eigenvalue weighted by atomic mass is 10.1. The summed E-state index contributed by atoms with van der Waals surface area (Å²) in [7, 11) is 0. The van der Waals surface area contributed by atoms with Crippen molar-refractivity contribution in [1.29, 1.82) is 5.41 Å². The highest BCUT2D eigenvalue weighted by Gasteiger charge is 2.36. The van der Waals surface area contributed by atoms with E-state index in [2.05, 4.69) is 0 Å². The molecule has 0 aliphatic carbocycles. The van der Waals surface area contributed by atoms with Crippen molar-refractivity contribution in [2.24, 2.45) is 5.73 Å². The maximum atomic E-state index is 13.1. The first-order valence-corrected chi connectivity index (χ1v) is 11.8. The number of carbonyl (C=O) groups is 5. The van der Waals surface area contributed by atoms with E-state index < -0.39 is 35.8 Å². The van der Waals surface area contributed by atoms with Crippen LogP contribution in [0.4, 0.5) is 0 Å². The minimum absolute atomic E-state index is 0.00318. The lowest BCUT2D eigenvalue weighted by Crippen LogP contribution is -2.50. The Morgan fingerprint density at radius 3 is 2.05 bits per heavy atom. The third kappa shape index (κ3) is 8.81. The smallest absolute Gasteiger partial charge is 0.343 e. The van der Waals surface area contributed by atoms with Crippen molar-refractivity contribution in [3.63, 3.8) is 0 Å². The number of amidine groups is 1. The molecule has 39 heavy (non-hydrogen) atoms. The number of carbonyl (C=O) groups excluding carboxylic acids is 3. The summed E-state index contributed by atoms with van der Waals surface area (Å²) in [5.74, 6) is -5.35. The molecule has 0 bridgehead atoms. The number of rotatable bonds is 13. The molecule has 0 unspecified atom stereocenters. The predicted molar refractivity (Wildman–Crippen MR) is 139 cm³/mol. The molecule has 0 heterocycles. The summed E-state index contributed by atoms with van der Waals surface area (Å²) in [6, 6.07) is 9.92. The van der Waals surface area contributed by atoms with Crippen LogP contribution in [-0.2, 0) is 23.9 Å². The van der Waals surface area contributed by atoms with Crippen LogP contribution in [0.1, 0.15) is 48.2 Å². The summed E-state index contributed by atoms with van der Waals surface area (Å²) >= 11 is 0. The number of nitrogen functional groups attached to an aromatic ring is 1. The standard InChI is InChI=1S/C27H29N3O9/c1-3-38-21(31)5-4-14-30(22(25(33)34)26(35)36)24(32)16(2)15-17-6-8-19(9-7-17)27(37)39-20-12-10-18(11-13-20)23(28)29/h6-13,15,22H,3-5,14H2,1-2H3,(H3,28,29)(H,33,34)(H,35,36). The lowest BCUT2D eigenvalue weighted by molar-refractivity contribution is -0.160. The molecule has 0 aliphatic heterocycles. The minimum Gasteiger partial charge on any atom is -0.479 e. The Hall–Kier alpha value is -5.00. The van der Waals surface area contributed by atoms with Crippen molar-refractivity contribution in [2.45, 2.75) is 32.7 Å². The van der Waals surface area contributed by atoms with Gasteiger partial charge in [-0.05, 0) is 68.3 Å². The Kier molecular flexibility index (Phi) is 10.9. The van der Waals surface area contributed by atoms with E-state index in [-0.39, 0.29) is 48.7 Å². The van der Waals surface area contributed by atoms with Crippen LogP contribution < -0.4 is 10.5 Å². The van der Waals surface area contributed by atoms with E-state index in [1.165, 1.54) is 61.5 Å². The number of carboxylic acid groups (broad SMARTS) is 2. The Bertz CT molecular complexity index is 1250. The van der Waals surface area contributed by atoms with Gasteiger partial charge in [-0.3, -0.25) is 15.0 Å². The molecule has 0 saturated heterocycles. The van der Waals surface area contributed by atoms with Gasteiger partial charge in [0.05, 0.1) is 12.2 Å². The monoisotopic (exact) mass is 539 g/mol. The quantitative estimate of drug-likeness (QED) is 0.0731. The van der Waals surface area contributed by atoms with Gasteiger partial charge in [-0.1, -0.05) is 12.1 Å². The van der Waals surface area contributed by atoms with Gasteiger partial charge in [0.1, 0.15) is 11.6 Å². The number of hydrogen-bond donors (Lipinski definition) is 4.